The predicted octanol–water partition coefficient (Wildman–Crippen LogP) is 4.16. The molecule has 3 aliphatic heterocycles. The van der Waals surface area contributed by atoms with Gasteiger partial charge in [-0.15, -0.1) is 5.10 Å². The number of nitrogens with zero attached hydrogens (tertiary/aromatic N) is 4. The number of benzene rings is 2. The van der Waals surface area contributed by atoms with E-state index < -0.39 is 25.7 Å². The quantitative estimate of drug-likeness (QED) is 0.226. The number of fused-ring (bicyclic) bond motifs is 2. The molecule has 0 bridgehead atoms. The lowest BCUT2D eigenvalue weighted by Crippen LogP contribution is -2.45. The Morgan fingerprint density at radius 1 is 1.22 bits per heavy atom. The van der Waals surface area contributed by atoms with Gasteiger partial charge in [-0.2, -0.15) is 0 Å². The zero-order chi connectivity index (χ0) is 31.8. The highest BCUT2D eigenvalue weighted by molar-refractivity contribution is 6.72. The van der Waals surface area contributed by atoms with E-state index in [1.54, 1.807) is 28.9 Å². The number of nitrogens with one attached hydrogen (secondary N) is 2. The molecule has 1 aromatic heterocycles. The van der Waals surface area contributed by atoms with Crippen LogP contribution < -0.4 is 15.5 Å². The van der Waals surface area contributed by atoms with Crippen molar-refractivity contribution in [1.82, 2.24) is 20.3 Å². The molecule has 0 aliphatic carbocycles. The molecule has 0 radical (unpaired) electrons. The number of carbonyl (C=O) groups is 2. The van der Waals surface area contributed by atoms with Crippen molar-refractivity contribution in [3.05, 3.63) is 71.5 Å². The number of aryl methyl sites for hydroxylation is 1. The van der Waals surface area contributed by atoms with Gasteiger partial charge in [0.25, 0.3) is 5.91 Å². The van der Waals surface area contributed by atoms with Crippen molar-refractivity contribution >= 4 is 31.6 Å². The van der Waals surface area contributed by atoms with Crippen molar-refractivity contribution in [2.75, 3.05) is 29.9 Å². The number of aliphatic hydroxyl groups is 1. The minimum atomic E-state index is -3.28. The van der Waals surface area contributed by atoms with Gasteiger partial charge in [0, 0.05) is 55.0 Å². The van der Waals surface area contributed by atoms with Gasteiger partial charge in [0.05, 0.1) is 29.9 Å². The summed E-state index contributed by atoms with van der Waals surface area (Å²) in [6.45, 7) is 7.79. The van der Waals surface area contributed by atoms with E-state index in [1.807, 2.05) is 55.5 Å². The summed E-state index contributed by atoms with van der Waals surface area (Å²) in [6, 6.07) is 15.3. The third kappa shape index (κ3) is 6.08. The first-order valence-electron chi connectivity index (χ1n) is 16.0. The number of anilines is 2. The number of hydrogen-bond acceptors (Lipinski definition) is 7. The Morgan fingerprint density at radius 2 is 2.00 bits per heavy atom. The number of carbonyl (C=O) groups excluding carboxylic acids is 2. The number of halogens is 1. The summed E-state index contributed by atoms with van der Waals surface area (Å²) in [5, 5.41) is 23.8. The smallest absolute Gasteiger partial charge is 0.264 e. The highest BCUT2D eigenvalue weighted by Crippen LogP contribution is 2.60. The Hall–Kier alpha value is -3.45. The molecular formula is C33H43FN6O4Si. The van der Waals surface area contributed by atoms with Gasteiger partial charge in [0.15, 0.2) is 5.60 Å². The Bertz CT molecular complexity index is 1520. The van der Waals surface area contributed by atoms with E-state index >= 15 is 4.11 Å². The van der Waals surface area contributed by atoms with Crippen molar-refractivity contribution in [2.45, 2.75) is 76.0 Å². The van der Waals surface area contributed by atoms with Crippen LogP contribution in [-0.4, -0.2) is 66.1 Å². The predicted molar refractivity (Wildman–Crippen MR) is 172 cm³/mol. The van der Waals surface area contributed by atoms with Crippen LogP contribution in [0, 0.1) is 11.8 Å². The second-order valence-electron chi connectivity index (χ2n) is 13.1. The Labute approximate surface area is 264 Å². The molecule has 2 saturated heterocycles. The van der Waals surface area contributed by atoms with E-state index in [1.165, 1.54) is 0 Å². The maximum Gasteiger partial charge on any atom is 0.264 e. The largest absolute Gasteiger partial charge is 0.396 e. The third-order valence-corrected chi connectivity index (χ3v) is 12.2. The van der Waals surface area contributed by atoms with E-state index in [9.17, 15) is 14.7 Å². The van der Waals surface area contributed by atoms with Gasteiger partial charge in [0.2, 0.25) is 14.3 Å². The maximum absolute atomic E-state index is 16.1. The van der Waals surface area contributed by atoms with Crippen molar-refractivity contribution in [3.8, 4) is 0 Å². The Kier molecular flexibility index (Phi) is 8.93. The molecular weight excluding hydrogens is 591 g/mol. The van der Waals surface area contributed by atoms with Gasteiger partial charge in [-0.1, -0.05) is 42.5 Å². The molecule has 0 saturated carbocycles. The Morgan fingerprint density at radius 3 is 2.71 bits per heavy atom. The molecule has 1 spiro atoms. The fourth-order valence-corrected chi connectivity index (χ4v) is 10.1. The van der Waals surface area contributed by atoms with E-state index in [2.05, 4.69) is 20.9 Å². The second-order valence-corrected chi connectivity index (χ2v) is 16.9. The molecule has 6 rings (SSSR count). The molecule has 45 heavy (non-hydrogen) atoms. The molecule has 3 N–H and O–H groups in total. The standard InChI is InChI=1S/C33H43FN6O4Si/c1-22-30(45(2,3)34)29(14-17-39-21-26(15-18-41)37-38-39)44-33(22)27-8-4-5-9-28(27)40(32(33)43)20-23-10-12-25(13-11-23)36-31(42)24-7-6-16-35-19-24/h4-5,8-13,21-22,24,29-30,35,41H,6-7,14-20H2,1-3H3,(H,36,42)/t22-,24?,29+,30-,33+/m0/s1. The van der Waals surface area contributed by atoms with Gasteiger partial charge in [-0.25, -0.2) is 0 Å². The topological polar surface area (TPSA) is 122 Å². The third-order valence-electron chi connectivity index (χ3n) is 9.69. The second kappa shape index (κ2) is 12.7. The van der Waals surface area contributed by atoms with Crippen molar-refractivity contribution in [1.29, 1.82) is 0 Å². The van der Waals surface area contributed by atoms with Crippen LogP contribution in [0.15, 0.2) is 54.7 Å². The number of piperidine rings is 1. The summed E-state index contributed by atoms with van der Waals surface area (Å²) in [5.41, 5.74) is 2.20. The minimum Gasteiger partial charge on any atom is -0.396 e. The lowest BCUT2D eigenvalue weighted by molar-refractivity contribution is -0.146. The van der Waals surface area contributed by atoms with Crippen LogP contribution in [0.2, 0.25) is 18.6 Å². The lowest BCUT2D eigenvalue weighted by atomic mass is 9.82. The first kappa shape index (κ1) is 31.5. The highest BCUT2D eigenvalue weighted by Gasteiger charge is 2.66. The molecule has 2 amide bonds. The molecule has 1 unspecified atom stereocenters. The van der Waals surface area contributed by atoms with Gasteiger partial charge in [0.1, 0.15) is 0 Å². The average molecular weight is 635 g/mol. The molecule has 2 aromatic carbocycles. The summed E-state index contributed by atoms with van der Waals surface area (Å²) in [4.78, 5) is 29.0. The van der Waals surface area contributed by atoms with Crippen LogP contribution in [-0.2, 0) is 39.4 Å². The monoisotopic (exact) mass is 634 g/mol. The van der Waals surface area contributed by atoms with Crippen LogP contribution in [0.25, 0.3) is 0 Å². The summed E-state index contributed by atoms with van der Waals surface area (Å²) in [7, 11) is -3.28. The van der Waals surface area contributed by atoms with Gasteiger partial charge in [-0.3, -0.25) is 14.3 Å². The first-order chi connectivity index (χ1) is 21.6. The van der Waals surface area contributed by atoms with E-state index in [4.69, 9.17) is 4.74 Å². The first-order valence-corrected chi connectivity index (χ1v) is 19.0. The number of rotatable bonds is 10. The Balaban J connectivity index is 1.22. The van der Waals surface area contributed by atoms with Crippen LogP contribution in [0.3, 0.4) is 0 Å². The van der Waals surface area contributed by atoms with Crippen LogP contribution in [0.1, 0.15) is 43.0 Å². The van der Waals surface area contributed by atoms with Gasteiger partial charge in [-0.05, 0) is 62.7 Å². The van der Waals surface area contributed by atoms with Gasteiger partial charge < -0.3 is 29.5 Å². The van der Waals surface area contributed by atoms with E-state index in [-0.39, 0.29) is 30.3 Å². The SMILES string of the molecule is C[C@H]1[C@H]([Si](C)(C)F)[C@@H](CCn2cc(CCO)nn2)O[C@]12C(=O)N(Cc1ccc(NC(=O)C3CCCNC3)cc1)c1ccccc12. The molecule has 4 heterocycles. The summed E-state index contributed by atoms with van der Waals surface area (Å²) in [5.74, 6) is -0.562. The van der Waals surface area contributed by atoms with Crippen LogP contribution in [0.4, 0.5) is 15.5 Å². The molecule has 12 heteroatoms. The number of aromatic nitrogens is 3. The molecule has 5 atom stereocenters. The van der Waals surface area contributed by atoms with Crippen molar-refractivity contribution < 1.29 is 23.5 Å². The lowest BCUT2D eigenvalue weighted by Gasteiger charge is -2.31. The van der Waals surface area contributed by atoms with E-state index in [0.717, 1.165) is 41.9 Å². The summed E-state index contributed by atoms with van der Waals surface area (Å²) in [6.07, 6.45) is 4.09. The number of ether oxygens (including phenoxy) is 1. The molecule has 10 nitrogen and oxygen atoms in total. The molecule has 3 aliphatic rings. The summed E-state index contributed by atoms with van der Waals surface area (Å²) >= 11 is 0. The fraction of sp³-hybridized carbons (Fsp3) is 0.515. The minimum absolute atomic E-state index is 0.00869. The fourth-order valence-electron chi connectivity index (χ4n) is 7.56. The number of amides is 2. The van der Waals surface area contributed by atoms with E-state index in [0.29, 0.717) is 38.2 Å². The molecule has 2 fully saturated rings. The van der Waals surface area contributed by atoms with Gasteiger partial charge >= 0.3 is 0 Å². The average Bonchev–Trinajstić information content (AvgIpc) is 3.67. The number of aliphatic hydroxyl groups excluding tert-OH is 1. The number of hydrogen-bond donors (Lipinski definition) is 3. The normalized spacial score (nSPS) is 26.4. The van der Waals surface area contributed by atoms with Crippen LogP contribution in [0.5, 0.6) is 0 Å². The number of para-hydroxylation sites is 1. The highest BCUT2D eigenvalue weighted by atomic mass is 28.4. The molecule has 240 valence electrons. The molecule has 3 aromatic rings. The zero-order valence-corrected chi connectivity index (χ0v) is 27.2. The zero-order valence-electron chi connectivity index (χ0n) is 26.2. The summed E-state index contributed by atoms with van der Waals surface area (Å²) < 4.78 is 24.6. The van der Waals surface area contributed by atoms with Crippen LogP contribution >= 0.6 is 0 Å². The maximum atomic E-state index is 16.1. The van der Waals surface area contributed by atoms with Crippen molar-refractivity contribution in [2.24, 2.45) is 11.8 Å². The van der Waals surface area contributed by atoms with Crippen molar-refractivity contribution in [3.63, 3.8) is 0 Å².